The Morgan fingerprint density at radius 1 is 0.735 bits per heavy atom. The van der Waals surface area contributed by atoms with Gasteiger partial charge >= 0.3 is 17.4 Å². The molecule has 0 saturated carbocycles. The molecule has 204 valence electrons. The monoisotopic (exact) mass is 526 g/mol. The van der Waals surface area contributed by atoms with Gasteiger partial charge in [-0.1, -0.05) is 6.92 Å². The van der Waals surface area contributed by atoms with Gasteiger partial charge in [-0.15, -0.1) is 0 Å². The van der Waals surface area contributed by atoms with Crippen molar-refractivity contribution in [3.8, 4) is 0 Å². The van der Waals surface area contributed by atoms with Crippen molar-refractivity contribution < 1.29 is 41.1 Å². The standard InChI is InChI=1S/C12H26O5Si.C11H24O4Si/c1-4-15-18(16-5-2,17-6-3)9-7-8-13-10-12-11-14-12;1-5-11(13-9-10-8-12-10)16(4,14-6-2)15-7-3/h12H,4-11H2,1-3H3;10-11H,5-9H2,1-4H3. The van der Waals surface area contributed by atoms with Gasteiger partial charge in [-0.3, -0.25) is 0 Å². The number of ether oxygens (including phenoxy) is 4. The molecule has 2 aliphatic rings. The zero-order valence-electron chi connectivity index (χ0n) is 22.6. The van der Waals surface area contributed by atoms with Gasteiger partial charge in [-0.2, -0.15) is 0 Å². The van der Waals surface area contributed by atoms with Crippen LogP contribution in [0.1, 0.15) is 54.4 Å². The van der Waals surface area contributed by atoms with Crippen LogP contribution in [0.2, 0.25) is 12.6 Å². The summed E-state index contributed by atoms with van der Waals surface area (Å²) in [5.74, 6) is 0. The van der Waals surface area contributed by atoms with E-state index in [1.54, 1.807) is 0 Å². The van der Waals surface area contributed by atoms with Crippen molar-refractivity contribution in [2.24, 2.45) is 0 Å². The average molecular weight is 527 g/mol. The minimum Gasteiger partial charge on any atom is -0.393 e. The minimum atomic E-state index is -2.47. The third-order valence-electron chi connectivity index (χ3n) is 5.27. The van der Waals surface area contributed by atoms with Crippen LogP contribution in [0.4, 0.5) is 0 Å². The van der Waals surface area contributed by atoms with E-state index in [9.17, 15) is 0 Å². The van der Waals surface area contributed by atoms with E-state index in [0.717, 1.165) is 32.1 Å². The fraction of sp³-hybridized carbons (Fsp3) is 1.00. The molecule has 3 atom stereocenters. The molecule has 2 rings (SSSR count). The Balaban J connectivity index is 0.000000342. The lowest BCUT2D eigenvalue weighted by molar-refractivity contribution is 0.0390. The number of hydrogen-bond donors (Lipinski definition) is 0. The molecule has 0 amide bonds. The quantitative estimate of drug-likeness (QED) is 0.126. The Morgan fingerprint density at radius 3 is 1.62 bits per heavy atom. The van der Waals surface area contributed by atoms with Gasteiger partial charge in [-0.05, 0) is 54.0 Å². The molecule has 0 N–H and O–H groups in total. The topological polar surface area (TPSA) is 89.7 Å². The first-order valence-electron chi connectivity index (χ1n) is 13.0. The Hall–Kier alpha value is 0.0738. The Bertz CT molecular complexity index is 470. The maximum absolute atomic E-state index is 5.87. The summed E-state index contributed by atoms with van der Waals surface area (Å²) < 4.78 is 50.6. The second-order valence-electron chi connectivity index (χ2n) is 8.18. The fourth-order valence-electron chi connectivity index (χ4n) is 3.60. The van der Waals surface area contributed by atoms with E-state index >= 15 is 0 Å². The molecule has 11 heteroatoms. The van der Waals surface area contributed by atoms with E-state index in [1.807, 2.05) is 34.6 Å². The molecule has 2 aliphatic heterocycles. The lowest BCUT2D eigenvalue weighted by Gasteiger charge is -2.33. The maximum Gasteiger partial charge on any atom is 0.501 e. The summed E-state index contributed by atoms with van der Waals surface area (Å²) in [5.41, 5.74) is 0.0941. The van der Waals surface area contributed by atoms with Crippen LogP contribution >= 0.6 is 0 Å². The van der Waals surface area contributed by atoms with Crippen LogP contribution in [0.25, 0.3) is 0 Å². The van der Waals surface area contributed by atoms with Crippen LogP contribution in [-0.4, -0.2) is 101 Å². The molecular formula is C23H50O9Si2. The molecule has 0 spiro atoms. The molecule has 0 aromatic rings. The van der Waals surface area contributed by atoms with Gasteiger partial charge in [0.15, 0.2) is 0 Å². The second-order valence-corrected chi connectivity index (χ2v) is 14.2. The summed E-state index contributed by atoms with van der Waals surface area (Å²) in [5, 5.41) is 0. The van der Waals surface area contributed by atoms with Gasteiger partial charge in [0, 0.05) is 45.7 Å². The summed E-state index contributed by atoms with van der Waals surface area (Å²) in [6, 6.07) is 0.814. The summed E-state index contributed by atoms with van der Waals surface area (Å²) in [4.78, 5) is 0. The van der Waals surface area contributed by atoms with Gasteiger partial charge in [0.1, 0.15) is 17.9 Å². The van der Waals surface area contributed by atoms with Crippen LogP contribution < -0.4 is 0 Å². The number of epoxide rings is 2. The third-order valence-corrected chi connectivity index (χ3v) is 11.9. The average Bonchev–Trinajstić information content (AvgIpc) is 3.71. The fourth-order valence-corrected chi connectivity index (χ4v) is 8.92. The first-order valence-corrected chi connectivity index (χ1v) is 17.4. The molecule has 0 radical (unpaired) electrons. The van der Waals surface area contributed by atoms with E-state index in [1.165, 1.54) is 0 Å². The van der Waals surface area contributed by atoms with Crippen molar-refractivity contribution in [1.82, 2.24) is 0 Å². The van der Waals surface area contributed by atoms with E-state index in [4.69, 9.17) is 41.1 Å². The van der Waals surface area contributed by atoms with Gasteiger partial charge in [0.2, 0.25) is 0 Å². The number of hydrogen-bond acceptors (Lipinski definition) is 9. The van der Waals surface area contributed by atoms with E-state index in [2.05, 4.69) is 13.5 Å². The van der Waals surface area contributed by atoms with Gasteiger partial charge in [0.25, 0.3) is 0 Å². The zero-order valence-corrected chi connectivity index (χ0v) is 24.6. The van der Waals surface area contributed by atoms with Crippen LogP contribution in [0, 0.1) is 0 Å². The summed E-state index contributed by atoms with van der Waals surface area (Å²) in [6.45, 7) is 21.1. The van der Waals surface area contributed by atoms with Crippen molar-refractivity contribution in [2.75, 3.05) is 66.1 Å². The van der Waals surface area contributed by atoms with E-state index in [0.29, 0.717) is 65.1 Å². The van der Waals surface area contributed by atoms with Crippen LogP contribution in [-0.2, 0) is 41.1 Å². The van der Waals surface area contributed by atoms with Crippen molar-refractivity contribution in [3.05, 3.63) is 0 Å². The van der Waals surface area contributed by atoms with E-state index in [-0.39, 0.29) is 5.73 Å². The Kier molecular flexibility index (Phi) is 17.3. The van der Waals surface area contributed by atoms with Gasteiger partial charge < -0.3 is 41.1 Å². The molecule has 0 aliphatic carbocycles. The molecule has 2 fully saturated rings. The SMILES string of the molecule is CCO[Si](C)(OCC)C(CC)OCC1CO1.CCO[Si](CCCOCC1CO1)(OCC)OCC. The first-order chi connectivity index (χ1) is 16.4. The highest BCUT2D eigenvalue weighted by Gasteiger charge is 2.42. The van der Waals surface area contributed by atoms with Crippen molar-refractivity contribution in [3.63, 3.8) is 0 Å². The largest absolute Gasteiger partial charge is 0.501 e. The summed E-state index contributed by atoms with van der Waals surface area (Å²) >= 11 is 0. The lowest BCUT2D eigenvalue weighted by atomic mass is 10.5. The zero-order chi connectivity index (χ0) is 25.3. The highest BCUT2D eigenvalue weighted by molar-refractivity contribution is 6.67. The maximum atomic E-state index is 5.87. The molecule has 2 heterocycles. The molecule has 0 aromatic heterocycles. The smallest absolute Gasteiger partial charge is 0.393 e. The first kappa shape index (κ1) is 32.1. The molecule has 9 nitrogen and oxygen atoms in total. The molecule has 0 aromatic carbocycles. The Labute approximate surface area is 209 Å². The van der Waals surface area contributed by atoms with Crippen LogP contribution in [0.3, 0.4) is 0 Å². The van der Waals surface area contributed by atoms with Crippen molar-refractivity contribution in [1.29, 1.82) is 0 Å². The van der Waals surface area contributed by atoms with Gasteiger partial charge in [-0.25, -0.2) is 0 Å². The molecule has 3 unspecified atom stereocenters. The molecular weight excluding hydrogens is 476 g/mol. The van der Waals surface area contributed by atoms with Crippen molar-refractivity contribution in [2.45, 2.75) is 84.9 Å². The highest BCUT2D eigenvalue weighted by atomic mass is 28.4. The van der Waals surface area contributed by atoms with Crippen LogP contribution in [0.15, 0.2) is 0 Å². The second kappa shape index (κ2) is 18.3. The lowest BCUT2D eigenvalue weighted by Crippen LogP contribution is -2.52. The van der Waals surface area contributed by atoms with Gasteiger partial charge in [0.05, 0.1) is 26.4 Å². The molecule has 34 heavy (non-hydrogen) atoms. The summed E-state index contributed by atoms with van der Waals surface area (Å²) in [7, 11) is -4.66. The molecule has 0 bridgehead atoms. The predicted molar refractivity (Wildman–Crippen MR) is 135 cm³/mol. The summed E-state index contributed by atoms with van der Waals surface area (Å²) in [6.07, 6.45) is 2.46. The normalized spacial score (nSPS) is 20.6. The third kappa shape index (κ3) is 13.4. The highest BCUT2D eigenvalue weighted by Crippen LogP contribution is 2.21. The Morgan fingerprint density at radius 2 is 1.21 bits per heavy atom. The predicted octanol–water partition coefficient (Wildman–Crippen LogP) is 3.70. The van der Waals surface area contributed by atoms with Crippen LogP contribution in [0.5, 0.6) is 0 Å². The number of rotatable bonds is 21. The minimum absolute atomic E-state index is 0.0941. The van der Waals surface area contributed by atoms with Crippen molar-refractivity contribution >= 4 is 17.4 Å². The molecule has 2 saturated heterocycles. The van der Waals surface area contributed by atoms with E-state index < -0.39 is 17.4 Å².